The molecule has 0 aliphatic carbocycles. The van der Waals surface area contributed by atoms with Crippen molar-refractivity contribution in [2.45, 2.75) is 0 Å². The summed E-state index contributed by atoms with van der Waals surface area (Å²) in [7, 11) is 9.90. The molecule has 4 heteroatoms. The average molecular weight is 337 g/mol. The standard InChI is InChI=1S/2ClH.Hg.Zn/h2*1H;;/q;;;+2/p-2. The summed E-state index contributed by atoms with van der Waals surface area (Å²) < 4.78 is 0. The van der Waals surface area contributed by atoms with Gasteiger partial charge in [-0.15, -0.1) is 0 Å². The van der Waals surface area contributed by atoms with Crippen LogP contribution < -0.4 is 0 Å². The Balaban J connectivity index is 0. The smallest absolute Gasteiger partial charge is 0 e. The fourth-order valence-electron chi connectivity index (χ4n) is 0. The maximum absolute atomic E-state index is 4.95. The van der Waals surface area contributed by atoms with E-state index < -0.39 is 15.1 Å². The zero-order valence-corrected chi connectivity index (χ0v) is 12.1. The second-order valence-corrected chi connectivity index (χ2v) is 4.72. The van der Waals surface area contributed by atoms with Gasteiger partial charge in [0.25, 0.3) is 0 Å². The molecule has 18 valence electrons. The number of hydrogen-bond donors (Lipinski definition) is 0. The average Bonchev–Trinajstić information content (AvgIpc) is 0.918. The summed E-state index contributed by atoms with van der Waals surface area (Å²) in [5, 5.41) is 0. The molecule has 0 rings (SSSR count). The molecular formula is Cl2HgZn. The zero-order chi connectivity index (χ0) is 2.71. The number of rotatable bonds is 0. The molecule has 0 aliphatic rings. The van der Waals surface area contributed by atoms with E-state index >= 15 is 0 Å². The molecule has 0 saturated carbocycles. The van der Waals surface area contributed by atoms with E-state index in [1.54, 1.807) is 0 Å². The summed E-state index contributed by atoms with van der Waals surface area (Å²) >= 11 is -0.931. The SMILES string of the molecule is [Cl][Zn][Cl].[Hg]. The molecule has 0 saturated heterocycles. The first kappa shape index (κ1) is 9.46. The molecule has 0 radical (unpaired) electrons. The second kappa shape index (κ2) is 8.93. The molecule has 0 bridgehead atoms. The van der Waals surface area contributed by atoms with Crippen LogP contribution in [0.4, 0.5) is 0 Å². The summed E-state index contributed by atoms with van der Waals surface area (Å²) in [4.78, 5) is 0. The molecular weight excluding hydrogens is 337 g/mol. The zero-order valence-electron chi connectivity index (χ0n) is 2.17. The van der Waals surface area contributed by atoms with E-state index in [0.29, 0.717) is 0 Å². The molecule has 0 unspecified atom stereocenters. The van der Waals surface area contributed by atoms with Gasteiger partial charge in [0.15, 0.2) is 0 Å². The van der Waals surface area contributed by atoms with E-state index in [1.165, 1.54) is 0 Å². The molecule has 0 aromatic rings. The van der Waals surface area contributed by atoms with Gasteiger partial charge in [0.2, 0.25) is 0 Å². The molecule has 0 nitrogen and oxygen atoms in total. The Morgan fingerprint density at radius 1 is 1.25 bits per heavy atom. The molecule has 0 fully saturated rings. The van der Waals surface area contributed by atoms with Crippen molar-refractivity contribution in [3.05, 3.63) is 0 Å². The minimum atomic E-state index is -0.931. The fourth-order valence-corrected chi connectivity index (χ4v) is 0. The van der Waals surface area contributed by atoms with Gasteiger partial charge >= 0.3 is 34.5 Å². The van der Waals surface area contributed by atoms with Gasteiger partial charge in [-0.3, -0.25) is 0 Å². The van der Waals surface area contributed by atoms with Crippen LogP contribution in [0.25, 0.3) is 0 Å². The topological polar surface area (TPSA) is 0 Å². The largest absolute Gasteiger partial charge is 0 e. The van der Waals surface area contributed by atoms with Crippen molar-refractivity contribution < 1.29 is 42.8 Å². The number of hydrogen-bond acceptors (Lipinski definition) is 0. The minimum Gasteiger partial charge on any atom is 0 e. The van der Waals surface area contributed by atoms with Crippen LogP contribution >= 0.6 is 19.4 Å². The van der Waals surface area contributed by atoms with Crippen LogP contribution in [0, 0.1) is 0 Å². The van der Waals surface area contributed by atoms with E-state index in [9.17, 15) is 0 Å². The first-order chi connectivity index (χ1) is 1.41. The van der Waals surface area contributed by atoms with E-state index in [2.05, 4.69) is 0 Å². The summed E-state index contributed by atoms with van der Waals surface area (Å²) in [6.45, 7) is 0. The van der Waals surface area contributed by atoms with Crippen molar-refractivity contribution >= 4 is 19.4 Å². The normalized spacial score (nSPS) is 2.50. The molecule has 0 heterocycles. The van der Waals surface area contributed by atoms with Gasteiger partial charge in [-0.1, -0.05) is 0 Å². The number of halogens is 2. The fraction of sp³-hybridized carbons (Fsp3) is 0. The predicted octanol–water partition coefficient (Wildman–Crippen LogP) is 1.37. The first-order valence-corrected chi connectivity index (χ1v) is 8.33. The second-order valence-electron chi connectivity index (χ2n) is 0.101. The first-order valence-electron chi connectivity index (χ1n) is 0.535. The van der Waals surface area contributed by atoms with E-state index in [-0.39, 0.29) is 27.7 Å². The van der Waals surface area contributed by atoms with E-state index in [0.717, 1.165) is 0 Å². The van der Waals surface area contributed by atoms with Crippen LogP contribution in [0.3, 0.4) is 0 Å². The Hall–Kier alpha value is 2.14. The van der Waals surface area contributed by atoms with Crippen molar-refractivity contribution in [2.75, 3.05) is 0 Å². The molecule has 0 atom stereocenters. The van der Waals surface area contributed by atoms with Gasteiger partial charge in [0.1, 0.15) is 0 Å². The third kappa shape index (κ3) is 8.91. The van der Waals surface area contributed by atoms with Crippen LogP contribution in [0.15, 0.2) is 0 Å². The Morgan fingerprint density at radius 3 is 1.25 bits per heavy atom. The van der Waals surface area contributed by atoms with Gasteiger partial charge in [-0.05, 0) is 0 Å². The molecule has 4 heavy (non-hydrogen) atoms. The molecule has 0 spiro atoms. The molecule has 0 aromatic carbocycles. The third-order valence-electron chi connectivity index (χ3n) is 0. The van der Waals surface area contributed by atoms with Crippen molar-refractivity contribution in [1.82, 2.24) is 0 Å². The van der Waals surface area contributed by atoms with Crippen molar-refractivity contribution in [1.29, 1.82) is 0 Å². The third-order valence-corrected chi connectivity index (χ3v) is 0. The van der Waals surface area contributed by atoms with E-state index in [4.69, 9.17) is 19.4 Å². The van der Waals surface area contributed by atoms with Crippen LogP contribution in [0.2, 0.25) is 0 Å². The van der Waals surface area contributed by atoms with Crippen molar-refractivity contribution in [2.24, 2.45) is 0 Å². The maximum atomic E-state index is 4.95. The van der Waals surface area contributed by atoms with Crippen molar-refractivity contribution in [3.63, 3.8) is 0 Å². The predicted molar refractivity (Wildman–Crippen MR) is 11.7 cm³/mol. The molecule has 0 amide bonds. The van der Waals surface area contributed by atoms with Gasteiger partial charge in [-0.25, -0.2) is 0 Å². The quantitative estimate of drug-likeness (QED) is 0.586. The van der Waals surface area contributed by atoms with Gasteiger partial charge in [0.05, 0.1) is 0 Å². The Bertz CT molecular complexity index is 6.00. The summed E-state index contributed by atoms with van der Waals surface area (Å²) in [6.07, 6.45) is 0. The van der Waals surface area contributed by atoms with Gasteiger partial charge in [-0.2, -0.15) is 0 Å². The molecule has 0 N–H and O–H groups in total. The minimum absolute atomic E-state index is 0. The summed E-state index contributed by atoms with van der Waals surface area (Å²) in [5.74, 6) is 0. The summed E-state index contributed by atoms with van der Waals surface area (Å²) in [6, 6.07) is 0. The van der Waals surface area contributed by atoms with Crippen molar-refractivity contribution in [3.8, 4) is 0 Å². The van der Waals surface area contributed by atoms with Gasteiger partial charge in [0, 0.05) is 27.7 Å². The molecule has 0 aliphatic heterocycles. The Kier molecular flexibility index (Phi) is 21.1. The molecule has 0 aromatic heterocycles. The Morgan fingerprint density at radius 2 is 1.25 bits per heavy atom. The van der Waals surface area contributed by atoms with Crippen LogP contribution in [0.1, 0.15) is 0 Å². The summed E-state index contributed by atoms with van der Waals surface area (Å²) in [5.41, 5.74) is 0. The van der Waals surface area contributed by atoms with E-state index in [1.807, 2.05) is 0 Å². The van der Waals surface area contributed by atoms with Crippen LogP contribution in [-0.4, -0.2) is 0 Å². The Labute approximate surface area is 61.4 Å². The maximum Gasteiger partial charge on any atom is 0 e. The van der Waals surface area contributed by atoms with Crippen LogP contribution in [0.5, 0.6) is 0 Å². The monoisotopic (exact) mass is 336 g/mol. The van der Waals surface area contributed by atoms with Gasteiger partial charge < -0.3 is 0 Å². The van der Waals surface area contributed by atoms with Crippen LogP contribution in [-0.2, 0) is 42.8 Å².